The van der Waals surface area contributed by atoms with Gasteiger partial charge in [0.1, 0.15) is 0 Å². The zero-order valence-corrected chi connectivity index (χ0v) is 12.9. The van der Waals surface area contributed by atoms with E-state index in [0.717, 1.165) is 41.8 Å². The van der Waals surface area contributed by atoms with Crippen molar-refractivity contribution in [3.8, 4) is 0 Å². The lowest BCUT2D eigenvalue weighted by Crippen LogP contribution is -2.38. The quantitative estimate of drug-likeness (QED) is 0.821. The molecule has 4 heteroatoms. The van der Waals surface area contributed by atoms with Crippen LogP contribution in [0.15, 0.2) is 18.2 Å². The third kappa shape index (κ3) is 5.15. The molecule has 1 unspecified atom stereocenters. The summed E-state index contributed by atoms with van der Waals surface area (Å²) >= 11 is 12.1. The first-order valence-corrected chi connectivity index (χ1v) is 7.22. The summed E-state index contributed by atoms with van der Waals surface area (Å²) in [5.74, 6) is 0. The summed E-state index contributed by atoms with van der Waals surface area (Å²) in [6.07, 6.45) is 0. The van der Waals surface area contributed by atoms with Crippen molar-refractivity contribution in [2.24, 2.45) is 0 Å². The summed E-state index contributed by atoms with van der Waals surface area (Å²) < 4.78 is 0. The van der Waals surface area contributed by atoms with Gasteiger partial charge >= 0.3 is 0 Å². The molecule has 0 aliphatic heterocycles. The Kier molecular flexibility index (Phi) is 7.02. The van der Waals surface area contributed by atoms with Crippen LogP contribution in [0.2, 0.25) is 10.0 Å². The average molecular weight is 289 g/mol. The van der Waals surface area contributed by atoms with E-state index >= 15 is 0 Å². The molecular formula is C14H22Cl2N2. The van der Waals surface area contributed by atoms with Crippen molar-refractivity contribution in [3.05, 3.63) is 33.8 Å². The van der Waals surface area contributed by atoms with Crippen molar-refractivity contribution >= 4 is 23.2 Å². The Morgan fingerprint density at radius 2 is 1.89 bits per heavy atom. The van der Waals surface area contributed by atoms with Gasteiger partial charge < -0.3 is 10.2 Å². The molecule has 0 aliphatic carbocycles. The number of nitrogens with one attached hydrogen (secondary N) is 1. The van der Waals surface area contributed by atoms with E-state index < -0.39 is 0 Å². The van der Waals surface area contributed by atoms with Gasteiger partial charge in [-0.15, -0.1) is 0 Å². The summed E-state index contributed by atoms with van der Waals surface area (Å²) in [6, 6.07) is 6.00. The first-order chi connectivity index (χ1) is 8.56. The number of hydrogen-bond donors (Lipinski definition) is 1. The van der Waals surface area contributed by atoms with E-state index in [2.05, 4.69) is 31.0 Å². The van der Waals surface area contributed by atoms with Gasteiger partial charge in [-0.2, -0.15) is 0 Å². The third-order valence-electron chi connectivity index (χ3n) is 3.08. The highest BCUT2D eigenvalue weighted by atomic mass is 35.5. The van der Waals surface area contributed by atoms with Crippen LogP contribution in [0.1, 0.15) is 26.3 Å². The van der Waals surface area contributed by atoms with Crippen LogP contribution in [-0.4, -0.2) is 30.6 Å². The van der Waals surface area contributed by atoms with Crippen molar-refractivity contribution in [2.75, 3.05) is 19.6 Å². The first kappa shape index (κ1) is 15.8. The van der Waals surface area contributed by atoms with E-state index in [4.69, 9.17) is 23.2 Å². The normalized spacial score (nSPS) is 13.0. The molecule has 0 amide bonds. The number of rotatable bonds is 7. The van der Waals surface area contributed by atoms with Crippen LogP contribution >= 0.6 is 23.2 Å². The predicted molar refractivity (Wildman–Crippen MR) is 80.6 cm³/mol. The van der Waals surface area contributed by atoms with Crippen molar-refractivity contribution in [3.63, 3.8) is 0 Å². The maximum absolute atomic E-state index is 6.13. The fraction of sp³-hybridized carbons (Fsp3) is 0.571. The van der Waals surface area contributed by atoms with Crippen LogP contribution in [-0.2, 0) is 6.54 Å². The van der Waals surface area contributed by atoms with Gasteiger partial charge in [0, 0.05) is 29.2 Å². The Hall–Kier alpha value is -0.280. The van der Waals surface area contributed by atoms with Gasteiger partial charge in [-0.05, 0) is 43.8 Å². The lowest BCUT2D eigenvalue weighted by atomic mass is 10.2. The highest BCUT2D eigenvalue weighted by molar-refractivity contribution is 6.33. The lowest BCUT2D eigenvalue weighted by Gasteiger charge is -2.23. The van der Waals surface area contributed by atoms with Crippen LogP contribution in [0, 0.1) is 0 Å². The number of halogens is 2. The fourth-order valence-electron chi connectivity index (χ4n) is 1.90. The van der Waals surface area contributed by atoms with Crippen LogP contribution in [0.25, 0.3) is 0 Å². The number of benzene rings is 1. The molecule has 2 nitrogen and oxygen atoms in total. The molecule has 0 radical (unpaired) electrons. The first-order valence-electron chi connectivity index (χ1n) is 6.46. The smallest absolute Gasteiger partial charge is 0.0451 e. The van der Waals surface area contributed by atoms with Crippen molar-refractivity contribution in [1.82, 2.24) is 10.2 Å². The van der Waals surface area contributed by atoms with E-state index in [1.54, 1.807) is 0 Å². The molecule has 0 fully saturated rings. The second-order valence-corrected chi connectivity index (χ2v) is 5.35. The molecule has 1 rings (SSSR count). The van der Waals surface area contributed by atoms with Crippen LogP contribution < -0.4 is 5.32 Å². The molecule has 0 aliphatic rings. The van der Waals surface area contributed by atoms with Crippen molar-refractivity contribution in [2.45, 2.75) is 33.4 Å². The Labute approximate surface area is 120 Å². The van der Waals surface area contributed by atoms with Gasteiger partial charge in [0.2, 0.25) is 0 Å². The molecule has 1 atom stereocenters. The standard InChI is InChI=1S/C14H22Cl2N2/c1-4-18(5-2)10-11(3)17-9-12-8-13(15)6-7-14(12)16/h6-8,11,17H,4-5,9-10H2,1-3H3. The Balaban J connectivity index is 2.46. The van der Waals surface area contributed by atoms with E-state index in [0.29, 0.717) is 6.04 Å². The van der Waals surface area contributed by atoms with E-state index in [1.807, 2.05) is 18.2 Å². The maximum Gasteiger partial charge on any atom is 0.0451 e. The highest BCUT2D eigenvalue weighted by Gasteiger charge is 2.08. The largest absolute Gasteiger partial charge is 0.309 e. The molecule has 0 saturated heterocycles. The monoisotopic (exact) mass is 288 g/mol. The summed E-state index contributed by atoms with van der Waals surface area (Å²) in [5.41, 5.74) is 1.05. The summed E-state index contributed by atoms with van der Waals surface area (Å²) in [4.78, 5) is 2.40. The van der Waals surface area contributed by atoms with Crippen LogP contribution in [0.4, 0.5) is 0 Å². The average Bonchev–Trinajstić information content (AvgIpc) is 2.37. The topological polar surface area (TPSA) is 15.3 Å². The van der Waals surface area contributed by atoms with Gasteiger partial charge in [0.05, 0.1) is 0 Å². The number of nitrogens with zero attached hydrogens (tertiary/aromatic N) is 1. The second kappa shape index (κ2) is 8.00. The van der Waals surface area contributed by atoms with E-state index in [-0.39, 0.29) is 0 Å². The zero-order chi connectivity index (χ0) is 13.5. The number of likely N-dealkylation sites (N-methyl/N-ethyl adjacent to an activating group) is 1. The van der Waals surface area contributed by atoms with Gasteiger partial charge in [0.15, 0.2) is 0 Å². The van der Waals surface area contributed by atoms with Crippen LogP contribution in [0.5, 0.6) is 0 Å². The van der Waals surface area contributed by atoms with Gasteiger partial charge in [0.25, 0.3) is 0 Å². The minimum absolute atomic E-state index is 0.431. The van der Waals surface area contributed by atoms with Gasteiger partial charge in [-0.25, -0.2) is 0 Å². The van der Waals surface area contributed by atoms with Crippen molar-refractivity contribution < 1.29 is 0 Å². The summed E-state index contributed by atoms with van der Waals surface area (Å²) in [5, 5.41) is 4.98. The lowest BCUT2D eigenvalue weighted by molar-refractivity contribution is 0.270. The second-order valence-electron chi connectivity index (χ2n) is 4.50. The fourth-order valence-corrected chi connectivity index (χ4v) is 2.28. The minimum Gasteiger partial charge on any atom is -0.309 e. The zero-order valence-electron chi connectivity index (χ0n) is 11.3. The molecule has 0 aromatic heterocycles. The van der Waals surface area contributed by atoms with Crippen LogP contribution in [0.3, 0.4) is 0 Å². The Morgan fingerprint density at radius 3 is 2.50 bits per heavy atom. The van der Waals surface area contributed by atoms with E-state index in [1.165, 1.54) is 0 Å². The summed E-state index contributed by atoms with van der Waals surface area (Å²) in [6.45, 7) is 10.5. The summed E-state index contributed by atoms with van der Waals surface area (Å²) in [7, 11) is 0. The minimum atomic E-state index is 0.431. The SMILES string of the molecule is CCN(CC)CC(C)NCc1cc(Cl)ccc1Cl. The molecule has 0 spiro atoms. The molecular weight excluding hydrogens is 267 g/mol. The number of hydrogen-bond acceptors (Lipinski definition) is 2. The molecule has 18 heavy (non-hydrogen) atoms. The molecule has 102 valence electrons. The Morgan fingerprint density at radius 1 is 1.22 bits per heavy atom. The molecule has 1 aromatic carbocycles. The Bertz CT molecular complexity index is 365. The molecule has 0 heterocycles. The van der Waals surface area contributed by atoms with Gasteiger partial charge in [-0.1, -0.05) is 37.0 Å². The van der Waals surface area contributed by atoms with Gasteiger partial charge in [-0.3, -0.25) is 0 Å². The van der Waals surface area contributed by atoms with E-state index in [9.17, 15) is 0 Å². The highest BCUT2D eigenvalue weighted by Crippen LogP contribution is 2.20. The molecule has 0 bridgehead atoms. The predicted octanol–water partition coefficient (Wildman–Crippen LogP) is 3.81. The third-order valence-corrected chi connectivity index (χ3v) is 3.68. The maximum atomic E-state index is 6.13. The molecule has 1 aromatic rings. The molecule has 0 saturated carbocycles. The van der Waals surface area contributed by atoms with Crippen molar-refractivity contribution in [1.29, 1.82) is 0 Å². The molecule has 1 N–H and O–H groups in total.